The number of ether oxygens (including phenoxy) is 2. The second kappa shape index (κ2) is 5.57. The van der Waals surface area contributed by atoms with Gasteiger partial charge in [0.15, 0.2) is 0 Å². The number of nitrogens with zero attached hydrogens (tertiary/aromatic N) is 2. The zero-order chi connectivity index (χ0) is 15.9. The van der Waals surface area contributed by atoms with Crippen molar-refractivity contribution < 1.29 is 23.5 Å². The van der Waals surface area contributed by atoms with Gasteiger partial charge in [-0.2, -0.15) is 0 Å². The predicted molar refractivity (Wildman–Crippen MR) is 75.2 cm³/mol. The van der Waals surface area contributed by atoms with Crippen LogP contribution in [0.5, 0.6) is 5.75 Å². The number of likely N-dealkylation sites (tertiary alicyclic amines) is 1. The van der Waals surface area contributed by atoms with Crippen molar-refractivity contribution in [2.24, 2.45) is 0 Å². The highest BCUT2D eigenvalue weighted by Crippen LogP contribution is 2.31. The summed E-state index contributed by atoms with van der Waals surface area (Å²) in [5, 5.41) is 0. The first kappa shape index (κ1) is 14.8. The summed E-state index contributed by atoms with van der Waals surface area (Å²) in [6.07, 6.45) is -0.377. The molecule has 2 atom stereocenters. The van der Waals surface area contributed by atoms with Gasteiger partial charge in [0.25, 0.3) is 5.91 Å². The average Bonchev–Trinajstić information content (AvgIpc) is 2.86. The molecule has 0 aromatic heterocycles. The largest absolute Gasteiger partial charge is 0.485 e. The van der Waals surface area contributed by atoms with Crippen LogP contribution in [0.25, 0.3) is 0 Å². The molecule has 0 N–H and O–H groups in total. The molecule has 1 aromatic carbocycles. The molecule has 2 aliphatic rings. The standard InChI is InChI=1S/C15H17FN2O4/c1-17-11-6-18(14(19)8-21-2)7-13(11)22-12-5-9(16)3-4-10(12)15(17)20/h3-5,11,13H,6-8H2,1-2H3. The minimum absolute atomic E-state index is 0.0116. The number of hydrogen-bond acceptors (Lipinski definition) is 4. The number of fused-ring (bicyclic) bond motifs is 2. The summed E-state index contributed by atoms with van der Waals surface area (Å²) in [6, 6.07) is 3.62. The lowest BCUT2D eigenvalue weighted by Crippen LogP contribution is -2.44. The molecule has 6 nitrogen and oxygen atoms in total. The van der Waals surface area contributed by atoms with Crippen LogP contribution in [0.3, 0.4) is 0 Å². The van der Waals surface area contributed by atoms with E-state index in [1.165, 1.54) is 25.3 Å². The molecule has 2 unspecified atom stereocenters. The maximum absolute atomic E-state index is 13.4. The van der Waals surface area contributed by atoms with Crippen LogP contribution in [0.2, 0.25) is 0 Å². The quantitative estimate of drug-likeness (QED) is 0.799. The number of carbonyl (C=O) groups excluding carboxylic acids is 2. The fourth-order valence-electron chi connectivity index (χ4n) is 2.94. The maximum atomic E-state index is 13.4. The molecule has 0 saturated carbocycles. The Labute approximate surface area is 127 Å². The van der Waals surface area contributed by atoms with Gasteiger partial charge in [-0.15, -0.1) is 0 Å². The second-order valence-electron chi connectivity index (χ2n) is 5.51. The molecule has 3 rings (SSSR count). The molecule has 7 heteroatoms. The number of rotatable bonds is 2. The molecule has 2 aliphatic heterocycles. The third-order valence-corrected chi connectivity index (χ3v) is 4.13. The van der Waals surface area contributed by atoms with E-state index in [9.17, 15) is 14.0 Å². The Bertz CT molecular complexity index is 622. The molecular formula is C15H17FN2O4. The van der Waals surface area contributed by atoms with Crippen LogP contribution in [0.1, 0.15) is 10.4 Å². The van der Waals surface area contributed by atoms with E-state index >= 15 is 0 Å². The lowest BCUT2D eigenvalue weighted by molar-refractivity contribution is -0.134. The topological polar surface area (TPSA) is 59.1 Å². The first-order valence-electron chi connectivity index (χ1n) is 7.01. The van der Waals surface area contributed by atoms with Crippen molar-refractivity contribution in [1.29, 1.82) is 0 Å². The summed E-state index contributed by atoms with van der Waals surface area (Å²) in [5.74, 6) is -0.619. The third kappa shape index (κ3) is 2.41. The van der Waals surface area contributed by atoms with Gasteiger partial charge < -0.3 is 19.3 Å². The second-order valence-corrected chi connectivity index (χ2v) is 5.51. The number of likely N-dealkylation sites (N-methyl/N-ethyl adjacent to an activating group) is 1. The summed E-state index contributed by atoms with van der Waals surface area (Å²) in [7, 11) is 3.13. The molecule has 0 spiro atoms. The van der Waals surface area contributed by atoms with Crippen molar-refractivity contribution in [1.82, 2.24) is 9.80 Å². The highest BCUT2D eigenvalue weighted by atomic mass is 19.1. The molecule has 0 aliphatic carbocycles. The van der Waals surface area contributed by atoms with Crippen molar-refractivity contribution in [3.8, 4) is 5.75 Å². The monoisotopic (exact) mass is 308 g/mol. The van der Waals surface area contributed by atoms with Gasteiger partial charge in [-0.3, -0.25) is 9.59 Å². The Morgan fingerprint density at radius 2 is 2.23 bits per heavy atom. The van der Waals surface area contributed by atoms with E-state index in [1.807, 2.05) is 0 Å². The summed E-state index contributed by atoms with van der Waals surface area (Å²) in [4.78, 5) is 27.6. The van der Waals surface area contributed by atoms with E-state index in [-0.39, 0.29) is 36.3 Å². The normalized spacial score (nSPS) is 23.7. The van der Waals surface area contributed by atoms with Gasteiger partial charge in [0.1, 0.15) is 24.3 Å². The fraction of sp³-hybridized carbons (Fsp3) is 0.467. The van der Waals surface area contributed by atoms with Gasteiger partial charge in [-0.1, -0.05) is 0 Å². The van der Waals surface area contributed by atoms with E-state index in [0.29, 0.717) is 18.7 Å². The predicted octanol–water partition coefficient (Wildman–Crippen LogP) is 0.516. The molecule has 1 fully saturated rings. The van der Waals surface area contributed by atoms with E-state index in [1.54, 1.807) is 16.8 Å². The SMILES string of the molecule is COCC(=O)N1CC2Oc3cc(F)ccc3C(=O)N(C)C2C1. The first-order chi connectivity index (χ1) is 10.5. The Hall–Kier alpha value is -2.15. The molecule has 22 heavy (non-hydrogen) atoms. The highest BCUT2D eigenvalue weighted by Gasteiger charge is 2.43. The fourth-order valence-corrected chi connectivity index (χ4v) is 2.94. The molecular weight excluding hydrogens is 291 g/mol. The summed E-state index contributed by atoms with van der Waals surface area (Å²) in [5.41, 5.74) is 0.341. The van der Waals surface area contributed by atoms with Crippen LogP contribution in [-0.2, 0) is 9.53 Å². The van der Waals surface area contributed by atoms with Crippen LogP contribution >= 0.6 is 0 Å². The van der Waals surface area contributed by atoms with Crippen LogP contribution < -0.4 is 4.74 Å². The van der Waals surface area contributed by atoms with Crippen molar-refractivity contribution in [3.05, 3.63) is 29.6 Å². The molecule has 118 valence electrons. The van der Waals surface area contributed by atoms with Gasteiger partial charge in [0, 0.05) is 26.8 Å². The van der Waals surface area contributed by atoms with Gasteiger partial charge in [-0.25, -0.2) is 4.39 Å². The third-order valence-electron chi connectivity index (χ3n) is 4.13. The minimum atomic E-state index is -0.460. The molecule has 0 bridgehead atoms. The summed E-state index contributed by atoms with van der Waals surface area (Å²) < 4.78 is 24.1. The Balaban J connectivity index is 1.89. The first-order valence-corrected chi connectivity index (χ1v) is 7.01. The number of halogens is 1. The number of methoxy groups -OCH3 is 1. The Kier molecular flexibility index (Phi) is 3.74. The molecule has 0 radical (unpaired) electrons. The number of hydrogen-bond donors (Lipinski definition) is 0. The van der Waals surface area contributed by atoms with E-state index < -0.39 is 5.82 Å². The Morgan fingerprint density at radius 3 is 2.95 bits per heavy atom. The van der Waals surface area contributed by atoms with Gasteiger partial charge in [-0.05, 0) is 12.1 Å². The molecule has 1 aromatic rings. The van der Waals surface area contributed by atoms with Gasteiger partial charge in [0.2, 0.25) is 5.91 Å². The lowest BCUT2D eigenvalue weighted by atomic mass is 10.1. The van der Waals surface area contributed by atoms with Crippen molar-refractivity contribution in [2.45, 2.75) is 12.1 Å². The van der Waals surface area contributed by atoms with Crippen LogP contribution in [-0.4, -0.2) is 67.6 Å². The van der Waals surface area contributed by atoms with Crippen molar-refractivity contribution >= 4 is 11.8 Å². The maximum Gasteiger partial charge on any atom is 0.257 e. The number of benzene rings is 1. The van der Waals surface area contributed by atoms with Crippen molar-refractivity contribution in [3.63, 3.8) is 0 Å². The number of carbonyl (C=O) groups is 2. The van der Waals surface area contributed by atoms with Gasteiger partial charge in [0.05, 0.1) is 18.2 Å². The van der Waals surface area contributed by atoms with E-state index in [2.05, 4.69) is 0 Å². The minimum Gasteiger partial charge on any atom is -0.485 e. The van der Waals surface area contributed by atoms with Crippen LogP contribution in [0, 0.1) is 5.82 Å². The average molecular weight is 308 g/mol. The zero-order valence-corrected chi connectivity index (χ0v) is 12.4. The summed E-state index contributed by atoms with van der Waals surface area (Å²) in [6.45, 7) is 0.717. The lowest BCUT2D eigenvalue weighted by Gasteiger charge is -2.24. The summed E-state index contributed by atoms with van der Waals surface area (Å²) >= 11 is 0. The highest BCUT2D eigenvalue weighted by molar-refractivity contribution is 5.97. The molecule has 1 saturated heterocycles. The zero-order valence-electron chi connectivity index (χ0n) is 12.4. The van der Waals surface area contributed by atoms with Crippen molar-refractivity contribution in [2.75, 3.05) is 33.9 Å². The Morgan fingerprint density at radius 1 is 1.45 bits per heavy atom. The van der Waals surface area contributed by atoms with E-state index in [0.717, 1.165) is 0 Å². The molecule has 2 amide bonds. The smallest absolute Gasteiger partial charge is 0.257 e. The number of amides is 2. The van der Waals surface area contributed by atoms with Crippen LogP contribution in [0.15, 0.2) is 18.2 Å². The van der Waals surface area contributed by atoms with Crippen LogP contribution in [0.4, 0.5) is 4.39 Å². The molecule has 2 heterocycles. The van der Waals surface area contributed by atoms with E-state index in [4.69, 9.17) is 9.47 Å². The van der Waals surface area contributed by atoms with Gasteiger partial charge >= 0.3 is 0 Å².